The number of aliphatic imine (C=N–C) groups is 1. The Morgan fingerprint density at radius 3 is 2.40 bits per heavy atom. The molecule has 0 fully saturated rings. The van der Waals surface area contributed by atoms with E-state index in [2.05, 4.69) is 9.98 Å². The molecule has 25 heavy (non-hydrogen) atoms. The molecule has 0 aliphatic heterocycles. The Kier molecular flexibility index (Phi) is 4.57. The van der Waals surface area contributed by atoms with E-state index >= 15 is 0 Å². The van der Waals surface area contributed by atoms with Crippen molar-refractivity contribution in [3.63, 3.8) is 0 Å². The van der Waals surface area contributed by atoms with E-state index in [1.54, 1.807) is 18.2 Å². The lowest BCUT2D eigenvalue weighted by Gasteiger charge is -2.11. The number of rotatable bonds is 2. The third-order valence-corrected chi connectivity index (χ3v) is 4.15. The summed E-state index contributed by atoms with van der Waals surface area (Å²) in [4.78, 5) is 19.7. The lowest BCUT2D eigenvalue weighted by Crippen LogP contribution is -2.24. The number of carbonyl (C=O) groups is 1. The minimum Gasteiger partial charge on any atom is -0.370 e. The van der Waals surface area contributed by atoms with Gasteiger partial charge in [0.2, 0.25) is 0 Å². The molecule has 0 saturated heterocycles. The summed E-state index contributed by atoms with van der Waals surface area (Å²) in [5, 5.41) is 1.34. The molecule has 1 aromatic heterocycles. The van der Waals surface area contributed by atoms with Crippen LogP contribution < -0.4 is 11.5 Å². The molecule has 0 radical (unpaired) electrons. The van der Waals surface area contributed by atoms with E-state index in [0.29, 0.717) is 26.7 Å². The number of benzene rings is 2. The Bertz CT molecular complexity index is 1010. The van der Waals surface area contributed by atoms with Crippen LogP contribution in [0.4, 0.5) is 4.39 Å². The maximum Gasteiger partial charge on any atom is 0.280 e. The largest absolute Gasteiger partial charge is 0.370 e. The van der Waals surface area contributed by atoms with Crippen molar-refractivity contribution in [2.45, 2.75) is 0 Å². The maximum atomic E-state index is 14.1. The summed E-state index contributed by atoms with van der Waals surface area (Å²) in [6.45, 7) is 0. The summed E-state index contributed by atoms with van der Waals surface area (Å²) >= 11 is 12.5. The van der Waals surface area contributed by atoms with Gasteiger partial charge >= 0.3 is 0 Å². The number of fused-ring (bicyclic) bond motifs is 1. The third kappa shape index (κ3) is 3.26. The van der Waals surface area contributed by atoms with Crippen molar-refractivity contribution >= 4 is 45.8 Å². The second-order valence-electron chi connectivity index (χ2n) is 5.15. The normalized spacial score (nSPS) is 10.7. The number of hydrogen-bond acceptors (Lipinski definition) is 2. The summed E-state index contributed by atoms with van der Waals surface area (Å²) in [7, 11) is 0. The molecule has 126 valence electrons. The highest BCUT2D eigenvalue weighted by molar-refractivity contribution is 6.39. The number of hydrogen-bond donors (Lipinski definition) is 2. The van der Waals surface area contributed by atoms with Crippen LogP contribution in [0.1, 0.15) is 10.4 Å². The van der Waals surface area contributed by atoms with E-state index in [1.807, 2.05) is 0 Å². The Morgan fingerprint density at radius 1 is 1.08 bits per heavy atom. The molecule has 0 bridgehead atoms. The van der Waals surface area contributed by atoms with E-state index in [0.717, 1.165) is 6.20 Å². The van der Waals surface area contributed by atoms with Gasteiger partial charge < -0.3 is 11.5 Å². The highest BCUT2D eigenvalue weighted by Gasteiger charge is 2.17. The minimum atomic E-state index is -0.651. The Morgan fingerprint density at radius 2 is 1.76 bits per heavy atom. The predicted octanol–water partition coefficient (Wildman–Crippen LogP) is 3.76. The van der Waals surface area contributed by atoms with Crippen LogP contribution in [-0.4, -0.2) is 16.9 Å². The van der Waals surface area contributed by atoms with Crippen LogP contribution in [0.25, 0.3) is 22.0 Å². The monoisotopic (exact) mass is 376 g/mol. The molecule has 2 aromatic carbocycles. The Balaban J connectivity index is 2.32. The quantitative estimate of drug-likeness (QED) is 0.525. The highest BCUT2D eigenvalue weighted by Crippen LogP contribution is 2.37. The molecule has 0 spiro atoms. The van der Waals surface area contributed by atoms with Crippen molar-refractivity contribution in [3.8, 4) is 11.3 Å². The first-order valence-electron chi connectivity index (χ1n) is 7.05. The van der Waals surface area contributed by atoms with Gasteiger partial charge in [0.05, 0.1) is 21.9 Å². The zero-order valence-electron chi connectivity index (χ0n) is 12.6. The molecular weight excluding hydrogens is 366 g/mol. The SMILES string of the molecule is NC(N)=NC(=O)c1ccc2c(F)cnc(-c3c(Cl)cccc3Cl)c2c1. The first-order chi connectivity index (χ1) is 11.9. The van der Waals surface area contributed by atoms with Crippen LogP contribution in [0.3, 0.4) is 0 Å². The molecule has 5 nitrogen and oxygen atoms in total. The van der Waals surface area contributed by atoms with E-state index in [9.17, 15) is 9.18 Å². The molecule has 1 heterocycles. The van der Waals surface area contributed by atoms with Crippen molar-refractivity contribution in [3.05, 3.63) is 64.0 Å². The number of amides is 1. The molecule has 4 N–H and O–H groups in total. The number of pyridine rings is 1. The number of nitrogens with zero attached hydrogens (tertiary/aromatic N) is 2. The number of halogens is 3. The molecule has 0 saturated carbocycles. The zero-order valence-corrected chi connectivity index (χ0v) is 14.1. The van der Waals surface area contributed by atoms with Crippen LogP contribution in [0.15, 0.2) is 47.6 Å². The topological polar surface area (TPSA) is 94.4 Å². The van der Waals surface area contributed by atoms with Gasteiger partial charge in [0.15, 0.2) is 5.96 Å². The first-order valence-corrected chi connectivity index (χ1v) is 7.80. The summed E-state index contributed by atoms with van der Waals surface area (Å²) in [5.74, 6) is -1.55. The third-order valence-electron chi connectivity index (χ3n) is 3.52. The van der Waals surface area contributed by atoms with E-state index in [-0.39, 0.29) is 16.9 Å². The van der Waals surface area contributed by atoms with Crippen LogP contribution in [0.5, 0.6) is 0 Å². The van der Waals surface area contributed by atoms with Gasteiger partial charge in [0, 0.05) is 21.9 Å². The fraction of sp³-hybridized carbons (Fsp3) is 0. The van der Waals surface area contributed by atoms with Crippen molar-refractivity contribution in [2.75, 3.05) is 0 Å². The Hall–Kier alpha value is -2.70. The lowest BCUT2D eigenvalue weighted by atomic mass is 10.0. The standard InChI is InChI=1S/C17H11Cl2FN4O/c18-11-2-1-3-12(19)14(11)15-10-6-8(16(25)24-17(21)22)4-5-9(10)13(20)7-23-15/h1-7H,(H4,21,22,24,25). The second-order valence-corrected chi connectivity index (χ2v) is 5.97. The van der Waals surface area contributed by atoms with Gasteiger partial charge in [-0.05, 0) is 24.3 Å². The molecule has 0 unspecified atom stereocenters. The van der Waals surface area contributed by atoms with Crippen molar-refractivity contribution < 1.29 is 9.18 Å². The number of guanidine groups is 1. The molecule has 0 aliphatic rings. The van der Waals surface area contributed by atoms with Gasteiger partial charge in [-0.25, -0.2) is 4.39 Å². The molecule has 3 rings (SSSR count). The zero-order chi connectivity index (χ0) is 18.1. The summed E-state index contributed by atoms with van der Waals surface area (Å²) < 4.78 is 14.1. The van der Waals surface area contributed by atoms with Gasteiger partial charge in [-0.15, -0.1) is 0 Å². The summed E-state index contributed by atoms with van der Waals surface area (Å²) in [6, 6.07) is 9.32. The smallest absolute Gasteiger partial charge is 0.280 e. The summed E-state index contributed by atoms with van der Waals surface area (Å²) in [5.41, 5.74) is 11.4. The molecule has 0 aliphatic carbocycles. The van der Waals surface area contributed by atoms with Gasteiger partial charge in [-0.1, -0.05) is 35.3 Å². The van der Waals surface area contributed by atoms with Crippen LogP contribution in [-0.2, 0) is 0 Å². The van der Waals surface area contributed by atoms with Crippen molar-refractivity contribution in [1.29, 1.82) is 0 Å². The first kappa shape index (κ1) is 17.1. The second kappa shape index (κ2) is 6.66. The minimum absolute atomic E-state index is 0.178. The summed E-state index contributed by atoms with van der Waals surface area (Å²) in [6.07, 6.45) is 1.08. The molecule has 0 atom stereocenters. The maximum absolute atomic E-state index is 14.1. The van der Waals surface area contributed by atoms with E-state index in [4.69, 9.17) is 34.7 Å². The van der Waals surface area contributed by atoms with Crippen molar-refractivity contribution in [1.82, 2.24) is 4.98 Å². The predicted molar refractivity (Wildman–Crippen MR) is 97.3 cm³/mol. The van der Waals surface area contributed by atoms with Gasteiger partial charge in [-0.2, -0.15) is 4.99 Å². The number of carbonyl (C=O) groups excluding carboxylic acids is 1. The van der Waals surface area contributed by atoms with Crippen LogP contribution in [0, 0.1) is 5.82 Å². The Labute approximate surface area is 152 Å². The molecular formula is C17H11Cl2FN4O. The average Bonchev–Trinajstić information content (AvgIpc) is 2.55. The molecule has 3 aromatic rings. The fourth-order valence-electron chi connectivity index (χ4n) is 2.45. The van der Waals surface area contributed by atoms with Gasteiger partial charge in [0.1, 0.15) is 5.82 Å². The number of aromatic nitrogens is 1. The molecule has 8 heteroatoms. The van der Waals surface area contributed by atoms with Gasteiger partial charge in [-0.3, -0.25) is 9.78 Å². The van der Waals surface area contributed by atoms with Crippen LogP contribution >= 0.6 is 23.2 Å². The highest BCUT2D eigenvalue weighted by atomic mass is 35.5. The molecule has 1 amide bonds. The van der Waals surface area contributed by atoms with Gasteiger partial charge in [0.25, 0.3) is 5.91 Å². The van der Waals surface area contributed by atoms with Crippen molar-refractivity contribution in [2.24, 2.45) is 16.5 Å². The van der Waals surface area contributed by atoms with E-state index < -0.39 is 11.7 Å². The lowest BCUT2D eigenvalue weighted by molar-refractivity contribution is 0.100. The number of nitrogens with two attached hydrogens (primary N) is 2. The average molecular weight is 377 g/mol. The fourth-order valence-corrected chi connectivity index (χ4v) is 3.02. The van der Waals surface area contributed by atoms with Crippen LogP contribution in [0.2, 0.25) is 10.0 Å². The van der Waals surface area contributed by atoms with E-state index in [1.165, 1.54) is 18.2 Å².